The molecule has 0 heterocycles. The Morgan fingerprint density at radius 1 is 1.44 bits per heavy atom. The molecule has 0 bridgehead atoms. The highest BCUT2D eigenvalue weighted by Crippen LogP contribution is 2.22. The van der Waals surface area contributed by atoms with Crippen molar-refractivity contribution in [3.8, 4) is 6.07 Å². The Morgan fingerprint density at radius 3 is 2.56 bits per heavy atom. The molecule has 1 rings (SSSR count). The summed E-state index contributed by atoms with van der Waals surface area (Å²) in [5.41, 5.74) is 0.997. The summed E-state index contributed by atoms with van der Waals surface area (Å²) in [5, 5.41) is 11.4. The van der Waals surface area contributed by atoms with Gasteiger partial charge in [-0.2, -0.15) is 5.26 Å². The molecular formula is C12H14N2OS. The van der Waals surface area contributed by atoms with E-state index >= 15 is 0 Å². The number of nitrogens with one attached hydrogen (secondary N) is 1. The third kappa shape index (κ3) is 4.37. The van der Waals surface area contributed by atoms with Crippen LogP contribution in [-0.2, 0) is 11.3 Å². The lowest BCUT2D eigenvalue weighted by atomic mass is 10.2. The molecule has 0 saturated heterocycles. The minimum absolute atomic E-state index is 0.402. The zero-order chi connectivity index (χ0) is 12.0. The number of hydrogen-bond acceptors (Lipinski definition) is 3. The van der Waals surface area contributed by atoms with E-state index < -0.39 is 5.91 Å². The average Bonchev–Trinajstić information content (AvgIpc) is 2.27. The molecule has 0 aliphatic rings. The number of hydrogen-bond donors (Lipinski definition) is 1. The molecule has 1 amide bonds. The van der Waals surface area contributed by atoms with E-state index in [1.807, 2.05) is 24.3 Å². The van der Waals surface area contributed by atoms with Crippen molar-refractivity contribution in [1.29, 1.82) is 5.26 Å². The van der Waals surface area contributed by atoms with Gasteiger partial charge < -0.3 is 5.32 Å². The number of carbonyl (C=O) groups is 1. The molecule has 16 heavy (non-hydrogen) atoms. The van der Waals surface area contributed by atoms with Crippen molar-refractivity contribution in [2.24, 2.45) is 0 Å². The largest absolute Gasteiger partial charge is 0.339 e. The first-order chi connectivity index (χ1) is 7.61. The van der Waals surface area contributed by atoms with Gasteiger partial charge in [-0.25, -0.2) is 0 Å². The molecule has 0 spiro atoms. The zero-order valence-corrected chi connectivity index (χ0v) is 10.2. The topological polar surface area (TPSA) is 52.9 Å². The SMILES string of the molecule is CC(C)Sc1ccc(CNC(=O)C#N)cc1. The van der Waals surface area contributed by atoms with E-state index in [1.54, 1.807) is 11.8 Å². The zero-order valence-electron chi connectivity index (χ0n) is 9.36. The predicted molar refractivity (Wildman–Crippen MR) is 64.9 cm³/mol. The average molecular weight is 234 g/mol. The van der Waals surface area contributed by atoms with E-state index in [-0.39, 0.29) is 0 Å². The molecule has 1 aromatic carbocycles. The maximum Gasteiger partial charge on any atom is 0.322 e. The molecular weight excluding hydrogens is 220 g/mol. The summed E-state index contributed by atoms with van der Waals surface area (Å²) in [5.74, 6) is -0.597. The maximum atomic E-state index is 10.7. The lowest BCUT2D eigenvalue weighted by molar-refractivity contribution is -0.116. The molecule has 0 saturated carbocycles. The molecule has 1 N–H and O–H groups in total. The molecule has 0 aliphatic heterocycles. The summed E-state index contributed by atoms with van der Waals surface area (Å²) in [4.78, 5) is 11.9. The third-order valence-corrected chi connectivity index (χ3v) is 2.87. The van der Waals surface area contributed by atoms with E-state index in [1.165, 1.54) is 11.0 Å². The first kappa shape index (κ1) is 12.6. The monoisotopic (exact) mass is 234 g/mol. The number of thioether (sulfide) groups is 1. The second-order valence-corrected chi connectivity index (χ2v) is 5.25. The summed E-state index contributed by atoms with van der Waals surface area (Å²) in [6.07, 6.45) is 0. The molecule has 1 aromatic rings. The van der Waals surface area contributed by atoms with Crippen LogP contribution in [0.3, 0.4) is 0 Å². The third-order valence-electron chi connectivity index (χ3n) is 1.85. The predicted octanol–water partition coefficient (Wildman–Crippen LogP) is 2.33. The lowest BCUT2D eigenvalue weighted by Gasteiger charge is -2.06. The Bertz CT molecular complexity index is 392. The highest BCUT2D eigenvalue weighted by Gasteiger charge is 2.00. The highest BCUT2D eigenvalue weighted by molar-refractivity contribution is 7.99. The van der Waals surface area contributed by atoms with Crippen molar-refractivity contribution < 1.29 is 4.79 Å². The van der Waals surface area contributed by atoms with Crippen LogP contribution in [0.25, 0.3) is 0 Å². The fourth-order valence-electron chi connectivity index (χ4n) is 1.18. The number of rotatable bonds is 4. The van der Waals surface area contributed by atoms with Gasteiger partial charge in [-0.05, 0) is 17.7 Å². The standard InChI is InChI=1S/C12H14N2OS/c1-9(2)16-11-5-3-10(4-6-11)8-14-12(15)7-13/h3-6,9H,8H2,1-2H3,(H,14,15). The van der Waals surface area contributed by atoms with Gasteiger partial charge in [-0.15, -0.1) is 11.8 Å². The fraction of sp³-hybridized carbons (Fsp3) is 0.333. The van der Waals surface area contributed by atoms with Gasteiger partial charge in [0.25, 0.3) is 0 Å². The second-order valence-electron chi connectivity index (χ2n) is 3.61. The number of amides is 1. The summed E-state index contributed by atoms with van der Waals surface area (Å²) < 4.78 is 0. The Morgan fingerprint density at radius 2 is 2.06 bits per heavy atom. The van der Waals surface area contributed by atoms with E-state index in [0.717, 1.165) is 5.56 Å². The number of nitriles is 1. The van der Waals surface area contributed by atoms with E-state index in [2.05, 4.69) is 19.2 Å². The van der Waals surface area contributed by atoms with Crippen LogP contribution in [0.1, 0.15) is 19.4 Å². The number of carbonyl (C=O) groups excluding carboxylic acids is 1. The quantitative estimate of drug-likeness (QED) is 0.642. The van der Waals surface area contributed by atoms with Crippen LogP contribution < -0.4 is 5.32 Å². The van der Waals surface area contributed by atoms with Crippen LogP contribution in [0.15, 0.2) is 29.2 Å². The van der Waals surface area contributed by atoms with Crippen molar-refractivity contribution in [2.75, 3.05) is 0 Å². The smallest absolute Gasteiger partial charge is 0.322 e. The molecule has 0 unspecified atom stereocenters. The van der Waals surface area contributed by atoms with Gasteiger partial charge >= 0.3 is 5.91 Å². The van der Waals surface area contributed by atoms with Gasteiger partial charge in [0, 0.05) is 16.7 Å². The Labute approximate surface area is 99.8 Å². The first-order valence-electron chi connectivity index (χ1n) is 5.05. The van der Waals surface area contributed by atoms with Crippen molar-refractivity contribution in [3.05, 3.63) is 29.8 Å². The summed E-state index contributed by atoms with van der Waals surface area (Å²) in [7, 11) is 0. The second kappa shape index (κ2) is 6.19. The van der Waals surface area contributed by atoms with Crippen molar-refractivity contribution in [2.45, 2.75) is 30.5 Å². The summed E-state index contributed by atoms with van der Waals surface area (Å²) in [6, 6.07) is 9.49. The molecule has 4 heteroatoms. The van der Waals surface area contributed by atoms with Crippen molar-refractivity contribution in [1.82, 2.24) is 5.32 Å². The van der Waals surface area contributed by atoms with Crippen LogP contribution in [0.2, 0.25) is 0 Å². The summed E-state index contributed by atoms with van der Waals surface area (Å²) >= 11 is 1.80. The Balaban J connectivity index is 2.52. The number of nitrogens with zero attached hydrogens (tertiary/aromatic N) is 1. The first-order valence-corrected chi connectivity index (χ1v) is 5.93. The molecule has 0 aliphatic carbocycles. The number of benzene rings is 1. The molecule has 0 atom stereocenters. The van der Waals surface area contributed by atoms with Gasteiger partial charge in [0.1, 0.15) is 0 Å². The van der Waals surface area contributed by atoms with Gasteiger partial charge in [-0.3, -0.25) is 4.79 Å². The maximum absolute atomic E-state index is 10.7. The lowest BCUT2D eigenvalue weighted by Crippen LogP contribution is -2.20. The molecule has 84 valence electrons. The van der Waals surface area contributed by atoms with Crippen LogP contribution >= 0.6 is 11.8 Å². The van der Waals surface area contributed by atoms with Gasteiger partial charge in [-0.1, -0.05) is 26.0 Å². The van der Waals surface area contributed by atoms with E-state index in [4.69, 9.17) is 5.26 Å². The van der Waals surface area contributed by atoms with Crippen LogP contribution in [-0.4, -0.2) is 11.2 Å². The highest BCUT2D eigenvalue weighted by atomic mass is 32.2. The van der Waals surface area contributed by atoms with Crippen LogP contribution in [0, 0.1) is 11.3 Å². The Kier molecular flexibility index (Phi) is 4.87. The van der Waals surface area contributed by atoms with Gasteiger partial charge in [0.15, 0.2) is 6.07 Å². The van der Waals surface area contributed by atoms with Crippen LogP contribution in [0.5, 0.6) is 0 Å². The van der Waals surface area contributed by atoms with Crippen molar-refractivity contribution >= 4 is 17.7 Å². The fourth-order valence-corrected chi connectivity index (χ4v) is 2.02. The molecule has 0 fully saturated rings. The minimum Gasteiger partial charge on any atom is -0.339 e. The summed E-state index contributed by atoms with van der Waals surface area (Å²) in [6.45, 7) is 4.69. The Hall–Kier alpha value is -1.47. The van der Waals surface area contributed by atoms with Crippen molar-refractivity contribution in [3.63, 3.8) is 0 Å². The minimum atomic E-state index is -0.597. The van der Waals surface area contributed by atoms with Gasteiger partial charge in [0.2, 0.25) is 0 Å². The molecule has 3 nitrogen and oxygen atoms in total. The van der Waals surface area contributed by atoms with E-state index in [9.17, 15) is 4.79 Å². The van der Waals surface area contributed by atoms with Gasteiger partial charge in [0.05, 0.1) is 0 Å². The van der Waals surface area contributed by atoms with E-state index in [0.29, 0.717) is 11.8 Å². The normalized spacial score (nSPS) is 9.88. The molecule has 0 aromatic heterocycles. The van der Waals surface area contributed by atoms with Crippen LogP contribution in [0.4, 0.5) is 0 Å². The molecule has 0 radical (unpaired) electrons.